The average molecular weight is 375 g/mol. The fourth-order valence-corrected chi connectivity index (χ4v) is 3.91. The van der Waals surface area contributed by atoms with Gasteiger partial charge in [-0.15, -0.1) is 0 Å². The van der Waals surface area contributed by atoms with Gasteiger partial charge in [-0.05, 0) is 35.6 Å². The van der Waals surface area contributed by atoms with E-state index in [-0.39, 0.29) is 11.0 Å². The number of rotatable bonds is 3. The number of ketones is 1. The van der Waals surface area contributed by atoms with Crippen LogP contribution in [0.15, 0.2) is 65.5 Å². The minimum absolute atomic E-state index is 0.173. The van der Waals surface area contributed by atoms with E-state index in [1.807, 2.05) is 30.3 Å². The third-order valence-corrected chi connectivity index (χ3v) is 5.51. The second-order valence-corrected chi connectivity index (χ2v) is 8.64. The summed E-state index contributed by atoms with van der Waals surface area (Å²) >= 11 is 0. The van der Waals surface area contributed by atoms with Crippen molar-refractivity contribution in [2.75, 3.05) is 6.54 Å². The fraction of sp³-hybridized carbons (Fsp3) is 0.304. The summed E-state index contributed by atoms with van der Waals surface area (Å²) in [7, 11) is 0. The highest BCUT2D eigenvalue weighted by Gasteiger charge is 2.37. The van der Waals surface area contributed by atoms with E-state index < -0.39 is 11.7 Å². The molecule has 0 fully saturated rings. The van der Waals surface area contributed by atoms with E-state index in [4.69, 9.17) is 0 Å². The lowest BCUT2D eigenvalue weighted by Crippen LogP contribution is -2.43. The Bertz CT molecular complexity index is 1080. The van der Waals surface area contributed by atoms with Gasteiger partial charge in [0.2, 0.25) is 0 Å². The predicted octanol–water partition coefficient (Wildman–Crippen LogP) is 3.63. The predicted molar refractivity (Wildman–Crippen MR) is 111 cm³/mol. The number of carbonyl (C=O) groups excluding carboxylic acids is 2. The van der Waals surface area contributed by atoms with Crippen LogP contribution in [0.5, 0.6) is 0 Å². The lowest BCUT2D eigenvalue weighted by atomic mass is 9.76. The zero-order valence-corrected chi connectivity index (χ0v) is 16.6. The summed E-state index contributed by atoms with van der Waals surface area (Å²) < 4.78 is 0. The molecular weight excluding hydrogens is 350 g/mol. The molecule has 0 saturated carbocycles. The van der Waals surface area contributed by atoms with Gasteiger partial charge in [-0.2, -0.15) is 0 Å². The van der Waals surface area contributed by atoms with Crippen molar-refractivity contribution in [3.05, 3.63) is 71.1 Å². The molecule has 28 heavy (non-hydrogen) atoms. The molecule has 2 aliphatic rings. The normalized spacial score (nSPS) is 21.6. The van der Waals surface area contributed by atoms with Crippen LogP contribution in [0.3, 0.4) is 0 Å². The van der Waals surface area contributed by atoms with Crippen LogP contribution in [-0.4, -0.2) is 28.8 Å². The van der Waals surface area contributed by atoms with Crippen LogP contribution in [0, 0.1) is 5.41 Å². The van der Waals surface area contributed by atoms with Crippen molar-refractivity contribution in [3.63, 3.8) is 0 Å². The van der Waals surface area contributed by atoms with Crippen molar-refractivity contribution in [1.29, 1.82) is 0 Å². The van der Waals surface area contributed by atoms with E-state index in [0.29, 0.717) is 11.3 Å². The van der Waals surface area contributed by atoms with E-state index in [0.717, 1.165) is 23.0 Å². The zero-order valence-electron chi connectivity index (χ0n) is 16.6. The Morgan fingerprint density at radius 2 is 1.93 bits per heavy atom. The topological polar surface area (TPSA) is 74.0 Å². The van der Waals surface area contributed by atoms with Gasteiger partial charge in [0.15, 0.2) is 0 Å². The van der Waals surface area contributed by atoms with Gasteiger partial charge in [-0.3, -0.25) is 9.59 Å². The molecule has 1 aromatic carbocycles. The quantitative estimate of drug-likeness (QED) is 0.567. The van der Waals surface area contributed by atoms with E-state index in [9.17, 15) is 9.59 Å². The Balaban J connectivity index is 1.66. The van der Waals surface area contributed by atoms with Crippen LogP contribution in [0.25, 0.3) is 10.9 Å². The van der Waals surface area contributed by atoms with E-state index in [1.165, 1.54) is 5.57 Å². The molecule has 1 aromatic heterocycles. The minimum Gasteiger partial charge on any atom is -0.360 e. The first-order valence-corrected chi connectivity index (χ1v) is 9.52. The van der Waals surface area contributed by atoms with Gasteiger partial charge in [0.25, 0.3) is 11.7 Å². The molecule has 1 aliphatic heterocycles. The summed E-state index contributed by atoms with van der Waals surface area (Å²) in [6.45, 7) is 9.17. The lowest BCUT2D eigenvalue weighted by molar-refractivity contribution is -0.116. The minimum atomic E-state index is -0.625. The smallest absolute Gasteiger partial charge is 0.296 e. The summed E-state index contributed by atoms with van der Waals surface area (Å²) in [4.78, 5) is 28.7. The second kappa shape index (κ2) is 6.31. The Labute approximate surface area is 164 Å². The molecule has 3 N–H and O–H groups in total. The molecule has 2 heterocycles. The van der Waals surface area contributed by atoms with Gasteiger partial charge in [0, 0.05) is 29.3 Å². The number of carbonyl (C=O) groups is 2. The molecule has 2 aromatic rings. The number of aromatic nitrogens is 1. The van der Waals surface area contributed by atoms with Crippen molar-refractivity contribution in [1.82, 2.24) is 15.6 Å². The first-order chi connectivity index (χ1) is 13.2. The molecule has 0 saturated heterocycles. The maximum atomic E-state index is 12.9. The van der Waals surface area contributed by atoms with Gasteiger partial charge in [-0.25, -0.2) is 0 Å². The van der Waals surface area contributed by atoms with Crippen molar-refractivity contribution in [3.8, 4) is 0 Å². The second-order valence-electron chi connectivity index (χ2n) is 8.64. The molecule has 1 amide bonds. The SMILES string of the molecule is CC(C)(C)C1=CC2=CCNC2(C)C=C1NC(=O)C(=O)c1c[nH]c2ccccc12. The number of nitrogens with one attached hydrogen (secondary N) is 3. The molecule has 144 valence electrons. The van der Waals surface area contributed by atoms with Crippen LogP contribution in [0.4, 0.5) is 0 Å². The first kappa shape index (κ1) is 18.4. The highest BCUT2D eigenvalue weighted by molar-refractivity contribution is 6.45. The maximum absolute atomic E-state index is 12.9. The molecule has 5 nitrogen and oxygen atoms in total. The van der Waals surface area contributed by atoms with Crippen LogP contribution in [0.2, 0.25) is 0 Å². The highest BCUT2D eigenvalue weighted by atomic mass is 16.2. The molecule has 1 unspecified atom stereocenters. The largest absolute Gasteiger partial charge is 0.360 e. The van der Waals surface area contributed by atoms with Crippen LogP contribution in [-0.2, 0) is 4.79 Å². The number of hydrogen-bond donors (Lipinski definition) is 3. The van der Waals surface area contributed by atoms with Crippen LogP contribution < -0.4 is 10.6 Å². The lowest BCUT2D eigenvalue weighted by Gasteiger charge is -2.35. The number of fused-ring (bicyclic) bond motifs is 2. The summed E-state index contributed by atoms with van der Waals surface area (Å²) in [5.74, 6) is -1.17. The summed E-state index contributed by atoms with van der Waals surface area (Å²) in [6, 6.07) is 7.47. The van der Waals surface area contributed by atoms with E-state index in [2.05, 4.69) is 55.5 Å². The van der Waals surface area contributed by atoms with Gasteiger partial charge in [-0.1, -0.05) is 51.1 Å². The van der Waals surface area contributed by atoms with Gasteiger partial charge >= 0.3 is 0 Å². The molecule has 0 spiro atoms. The number of benzene rings is 1. The number of aromatic amines is 1. The standard InChI is InChI=1S/C23H25N3O2/c1-22(2,3)17-11-14-9-10-25-23(14,4)12-19(17)26-21(28)20(27)16-13-24-18-8-6-5-7-15(16)18/h5-9,11-13,24-25H,10H2,1-4H3,(H,26,28). The van der Waals surface area contributed by atoms with Crippen molar-refractivity contribution < 1.29 is 9.59 Å². The third kappa shape index (κ3) is 3.02. The maximum Gasteiger partial charge on any atom is 0.296 e. The fourth-order valence-electron chi connectivity index (χ4n) is 3.91. The molecule has 5 heteroatoms. The van der Waals surface area contributed by atoms with E-state index in [1.54, 1.807) is 6.20 Å². The van der Waals surface area contributed by atoms with Gasteiger partial charge in [0.1, 0.15) is 0 Å². The number of H-pyrrole nitrogens is 1. The Hall–Kier alpha value is -2.92. The molecule has 0 bridgehead atoms. The van der Waals surface area contributed by atoms with Crippen molar-refractivity contribution in [2.24, 2.45) is 5.41 Å². The van der Waals surface area contributed by atoms with E-state index >= 15 is 0 Å². The number of allylic oxidation sites excluding steroid dienone is 1. The summed E-state index contributed by atoms with van der Waals surface area (Å²) in [6.07, 6.45) is 7.92. The highest BCUT2D eigenvalue weighted by Crippen LogP contribution is 2.39. The van der Waals surface area contributed by atoms with Gasteiger partial charge in [0.05, 0.1) is 11.1 Å². The number of amides is 1. The number of Topliss-reactive ketones (excluding diaryl/α,β-unsaturated/α-hetero) is 1. The molecular formula is C23H25N3O2. The Morgan fingerprint density at radius 1 is 1.18 bits per heavy atom. The summed E-state index contributed by atoms with van der Waals surface area (Å²) in [5.41, 5.74) is 3.62. The van der Waals surface area contributed by atoms with Crippen LogP contribution >= 0.6 is 0 Å². The average Bonchev–Trinajstić information content (AvgIpc) is 3.22. The Kier molecular flexibility index (Phi) is 4.16. The van der Waals surface area contributed by atoms with Gasteiger partial charge < -0.3 is 15.6 Å². The van der Waals surface area contributed by atoms with Crippen LogP contribution in [0.1, 0.15) is 38.1 Å². The zero-order chi connectivity index (χ0) is 20.1. The van der Waals surface area contributed by atoms with Crippen molar-refractivity contribution >= 4 is 22.6 Å². The Morgan fingerprint density at radius 3 is 2.68 bits per heavy atom. The third-order valence-electron chi connectivity index (χ3n) is 5.51. The monoisotopic (exact) mass is 375 g/mol. The molecule has 4 rings (SSSR count). The first-order valence-electron chi connectivity index (χ1n) is 9.52. The molecule has 0 radical (unpaired) electrons. The number of para-hydroxylation sites is 1. The van der Waals surface area contributed by atoms with Crippen molar-refractivity contribution in [2.45, 2.75) is 33.2 Å². The molecule has 1 aliphatic carbocycles. The number of hydrogen-bond acceptors (Lipinski definition) is 3. The summed E-state index contributed by atoms with van der Waals surface area (Å²) in [5, 5.41) is 7.08. The molecule has 1 atom stereocenters.